The second-order valence-electron chi connectivity index (χ2n) is 5.18. The number of piperidine rings is 1. The number of hydrogen-bond acceptors (Lipinski definition) is 3. The minimum atomic E-state index is -0.791. The Hall–Kier alpha value is -0.420. The first-order valence-electron chi connectivity index (χ1n) is 6.89. The molecule has 0 spiro atoms. The number of nitrogens with one attached hydrogen (secondary N) is 2. The van der Waals surface area contributed by atoms with Gasteiger partial charge in [-0.1, -0.05) is 6.92 Å². The molecular formula is C13H26N2O2S. The monoisotopic (exact) mass is 274 g/mol. The van der Waals surface area contributed by atoms with Crippen LogP contribution in [0.2, 0.25) is 0 Å². The van der Waals surface area contributed by atoms with Crippen molar-refractivity contribution in [3.05, 3.63) is 0 Å². The van der Waals surface area contributed by atoms with Gasteiger partial charge in [-0.05, 0) is 44.7 Å². The minimum absolute atomic E-state index is 0.141. The highest BCUT2D eigenvalue weighted by Crippen LogP contribution is 2.17. The van der Waals surface area contributed by atoms with Crippen LogP contribution in [0.5, 0.6) is 0 Å². The maximum atomic E-state index is 11.6. The second kappa shape index (κ2) is 8.64. The molecule has 5 heteroatoms. The zero-order chi connectivity index (χ0) is 13.4. The Morgan fingerprint density at radius 2 is 2.11 bits per heavy atom. The van der Waals surface area contributed by atoms with Crippen molar-refractivity contribution < 1.29 is 9.00 Å². The first kappa shape index (κ1) is 15.6. The minimum Gasteiger partial charge on any atom is -0.356 e. The number of carbonyl (C=O) groups excluding carboxylic acids is 1. The van der Waals surface area contributed by atoms with E-state index in [0.29, 0.717) is 18.9 Å². The van der Waals surface area contributed by atoms with Crippen LogP contribution in [-0.4, -0.2) is 41.3 Å². The van der Waals surface area contributed by atoms with Crippen molar-refractivity contribution in [3.63, 3.8) is 0 Å². The van der Waals surface area contributed by atoms with Gasteiger partial charge >= 0.3 is 0 Å². The molecule has 2 unspecified atom stereocenters. The van der Waals surface area contributed by atoms with Crippen molar-refractivity contribution in [2.75, 3.05) is 25.9 Å². The summed E-state index contributed by atoms with van der Waals surface area (Å²) in [6.07, 6.45) is 6.53. The summed E-state index contributed by atoms with van der Waals surface area (Å²) in [7, 11) is -0.791. The average molecular weight is 274 g/mol. The zero-order valence-electron chi connectivity index (χ0n) is 11.5. The van der Waals surface area contributed by atoms with Gasteiger partial charge in [0.1, 0.15) is 0 Å². The third kappa shape index (κ3) is 6.50. The van der Waals surface area contributed by atoms with E-state index in [4.69, 9.17) is 0 Å². The van der Waals surface area contributed by atoms with E-state index in [1.165, 1.54) is 12.8 Å². The fraction of sp³-hybridized carbons (Fsp3) is 0.923. The lowest BCUT2D eigenvalue weighted by Gasteiger charge is -2.22. The molecule has 0 bridgehead atoms. The van der Waals surface area contributed by atoms with Gasteiger partial charge < -0.3 is 10.6 Å². The SMILES string of the molecule is CC(CCNC(=O)CCC1CCNCC1)S(C)=O. The Bertz CT molecular complexity index is 278. The summed E-state index contributed by atoms with van der Waals surface area (Å²) >= 11 is 0. The van der Waals surface area contributed by atoms with Crippen molar-refractivity contribution in [1.82, 2.24) is 10.6 Å². The van der Waals surface area contributed by atoms with Gasteiger partial charge in [-0.3, -0.25) is 9.00 Å². The van der Waals surface area contributed by atoms with Crippen LogP contribution in [0.1, 0.15) is 39.0 Å². The largest absolute Gasteiger partial charge is 0.356 e. The van der Waals surface area contributed by atoms with E-state index in [9.17, 15) is 9.00 Å². The summed E-state index contributed by atoms with van der Waals surface area (Å²) in [6, 6.07) is 0. The Labute approximate surface area is 113 Å². The summed E-state index contributed by atoms with van der Waals surface area (Å²) < 4.78 is 11.1. The Balaban J connectivity index is 2.04. The first-order valence-corrected chi connectivity index (χ1v) is 8.51. The lowest BCUT2D eigenvalue weighted by Crippen LogP contribution is -2.30. The van der Waals surface area contributed by atoms with Gasteiger partial charge in [0.2, 0.25) is 5.91 Å². The molecule has 1 aliphatic heterocycles. The fourth-order valence-electron chi connectivity index (χ4n) is 2.17. The van der Waals surface area contributed by atoms with E-state index < -0.39 is 10.8 Å². The van der Waals surface area contributed by atoms with Crippen molar-refractivity contribution in [1.29, 1.82) is 0 Å². The quantitative estimate of drug-likeness (QED) is 0.729. The third-order valence-corrected chi connectivity index (χ3v) is 5.05. The lowest BCUT2D eigenvalue weighted by atomic mass is 9.93. The Morgan fingerprint density at radius 1 is 1.44 bits per heavy atom. The summed E-state index contributed by atoms with van der Waals surface area (Å²) in [5.74, 6) is 0.849. The van der Waals surface area contributed by atoms with E-state index in [2.05, 4.69) is 10.6 Å². The lowest BCUT2D eigenvalue weighted by molar-refractivity contribution is -0.121. The van der Waals surface area contributed by atoms with Crippen LogP contribution in [0.25, 0.3) is 0 Å². The van der Waals surface area contributed by atoms with Gasteiger partial charge in [0.25, 0.3) is 0 Å². The fourth-order valence-corrected chi connectivity index (χ4v) is 2.62. The molecule has 0 aliphatic carbocycles. The molecule has 18 heavy (non-hydrogen) atoms. The molecule has 1 aliphatic rings. The zero-order valence-corrected chi connectivity index (χ0v) is 12.4. The van der Waals surface area contributed by atoms with Crippen molar-refractivity contribution in [2.24, 2.45) is 5.92 Å². The van der Waals surface area contributed by atoms with Crippen LogP contribution < -0.4 is 10.6 Å². The topological polar surface area (TPSA) is 58.2 Å². The van der Waals surface area contributed by atoms with E-state index in [-0.39, 0.29) is 11.2 Å². The molecular weight excluding hydrogens is 248 g/mol. The summed E-state index contributed by atoms with van der Waals surface area (Å²) in [5, 5.41) is 6.41. The molecule has 1 fully saturated rings. The highest BCUT2D eigenvalue weighted by atomic mass is 32.2. The van der Waals surface area contributed by atoms with Gasteiger partial charge in [-0.25, -0.2) is 0 Å². The standard InChI is InChI=1S/C13H26N2O2S/c1-11(18(2)17)5-10-15-13(16)4-3-12-6-8-14-9-7-12/h11-12,14H,3-10H2,1-2H3,(H,15,16). The summed E-state index contributed by atoms with van der Waals surface area (Å²) in [4.78, 5) is 11.6. The van der Waals surface area contributed by atoms with Gasteiger partial charge in [-0.2, -0.15) is 0 Å². The van der Waals surface area contributed by atoms with Gasteiger partial charge in [0.05, 0.1) is 0 Å². The first-order chi connectivity index (χ1) is 8.59. The summed E-state index contributed by atoms with van der Waals surface area (Å²) in [5.41, 5.74) is 0. The number of carbonyl (C=O) groups is 1. The van der Waals surface area contributed by atoms with Crippen LogP contribution in [0.3, 0.4) is 0 Å². The third-order valence-electron chi connectivity index (χ3n) is 3.68. The molecule has 2 atom stereocenters. The number of amides is 1. The van der Waals surface area contributed by atoms with Crippen LogP contribution in [-0.2, 0) is 15.6 Å². The maximum Gasteiger partial charge on any atom is 0.220 e. The van der Waals surface area contributed by atoms with Crippen molar-refractivity contribution >= 4 is 16.7 Å². The normalized spacial score (nSPS) is 20.3. The molecule has 106 valence electrons. The van der Waals surface area contributed by atoms with Crippen LogP contribution in [0, 0.1) is 5.92 Å². The van der Waals surface area contributed by atoms with E-state index in [0.717, 1.165) is 25.9 Å². The number of hydrogen-bond donors (Lipinski definition) is 2. The predicted octanol–water partition coefficient (Wildman–Crippen LogP) is 1.04. The Kier molecular flexibility index (Phi) is 7.51. The molecule has 0 aromatic heterocycles. The predicted molar refractivity (Wildman–Crippen MR) is 76.0 cm³/mol. The molecule has 1 amide bonds. The number of rotatable bonds is 7. The molecule has 0 radical (unpaired) electrons. The van der Waals surface area contributed by atoms with Gasteiger partial charge in [0.15, 0.2) is 0 Å². The molecule has 0 aromatic carbocycles. The molecule has 1 heterocycles. The molecule has 1 saturated heterocycles. The van der Waals surface area contributed by atoms with Crippen molar-refractivity contribution in [2.45, 2.75) is 44.3 Å². The van der Waals surface area contributed by atoms with Crippen LogP contribution >= 0.6 is 0 Å². The van der Waals surface area contributed by atoms with Crippen molar-refractivity contribution in [3.8, 4) is 0 Å². The van der Waals surface area contributed by atoms with Gasteiger partial charge in [-0.15, -0.1) is 0 Å². The molecule has 2 N–H and O–H groups in total. The molecule has 0 aromatic rings. The van der Waals surface area contributed by atoms with Crippen LogP contribution in [0.15, 0.2) is 0 Å². The molecule has 1 rings (SSSR count). The highest BCUT2D eigenvalue weighted by molar-refractivity contribution is 7.84. The second-order valence-corrected chi connectivity index (χ2v) is 6.98. The maximum absolute atomic E-state index is 11.6. The van der Waals surface area contributed by atoms with E-state index in [1.807, 2.05) is 6.92 Å². The highest BCUT2D eigenvalue weighted by Gasteiger charge is 2.14. The van der Waals surface area contributed by atoms with Crippen LogP contribution in [0.4, 0.5) is 0 Å². The Morgan fingerprint density at radius 3 is 2.72 bits per heavy atom. The summed E-state index contributed by atoms with van der Waals surface area (Å²) in [6.45, 7) is 4.78. The molecule has 0 saturated carbocycles. The van der Waals surface area contributed by atoms with E-state index in [1.54, 1.807) is 6.26 Å². The average Bonchev–Trinajstić information content (AvgIpc) is 2.37. The smallest absolute Gasteiger partial charge is 0.220 e. The van der Waals surface area contributed by atoms with E-state index >= 15 is 0 Å². The molecule has 4 nitrogen and oxygen atoms in total. The van der Waals surface area contributed by atoms with Gasteiger partial charge in [0, 0.05) is 35.3 Å².